The number of amides is 3. The largest absolute Gasteiger partial charge is 0.344 e. The van der Waals surface area contributed by atoms with E-state index < -0.39 is 6.04 Å². The normalized spacial score (nSPS) is 15.3. The lowest BCUT2D eigenvalue weighted by molar-refractivity contribution is -0.126. The summed E-state index contributed by atoms with van der Waals surface area (Å²) in [7, 11) is 0. The molecule has 0 saturated heterocycles. The monoisotopic (exact) mass is 359 g/mol. The fourth-order valence-electron chi connectivity index (χ4n) is 3.52. The maximum atomic E-state index is 12.7. The molecule has 1 fully saturated rings. The fourth-order valence-corrected chi connectivity index (χ4v) is 3.52. The van der Waals surface area contributed by atoms with E-state index in [-0.39, 0.29) is 23.6 Å². The number of nitrogens with zero attached hydrogens (tertiary/aromatic N) is 1. The van der Waals surface area contributed by atoms with E-state index in [0.717, 1.165) is 25.7 Å². The van der Waals surface area contributed by atoms with Crippen molar-refractivity contribution in [3.05, 3.63) is 29.8 Å². The van der Waals surface area contributed by atoms with Gasteiger partial charge in [-0.05, 0) is 56.9 Å². The molecule has 1 unspecified atom stereocenters. The Hall–Kier alpha value is -2.37. The number of anilines is 1. The van der Waals surface area contributed by atoms with Crippen molar-refractivity contribution in [3.63, 3.8) is 0 Å². The number of nitrogens with one attached hydrogen (secondary N) is 2. The smallest absolute Gasteiger partial charge is 0.253 e. The minimum Gasteiger partial charge on any atom is -0.344 e. The third kappa shape index (κ3) is 5.07. The average molecular weight is 359 g/mol. The van der Waals surface area contributed by atoms with Gasteiger partial charge in [-0.1, -0.05) is 12.8 Å². The minimum absolute atomic E-state index is 0.0186. The molecule has 0 aromatic heterocycles. The van der Waals surface area contributed by atoms with Crippen LogP contribution in [0.3, 0.4) is 0 Å². The zero-order chi connectivity index (χ0) is 19.1. The lowest BCUT2D eigenvalue weighted by atomic mass is 9.97. The van der Waals surface area contributed by atoms with E-state index in [1.54, 1.807) is 29.2 Å². The zero-order valence-corrected chi connectivity index (χ0v) is 15.9. The maximum absolute atomic E-state index is 12.7. The van der Waals surface area contributed by atoms with Crippen LogP contribution in [-0.4, -0.2) is 41.8 Å². The quantitative estimate of drug-likeness (QED) is 0.786. The summed E-state index contributed by atoms with van der Waals surface area (Å²) in [4.78, 5) is 38.2. The summed E-state index contributed by atoms with van der Waals surface area (Å²) in [6.45, 7) is 6.65. The lowest BCUT2D eigenvalue weighted by Crippen LogP contribution is -2.47. The summed E-state index contributed by atoms with van der Waals surface area (Å²) in [6, 6.07) is 6.40. The van der Waals surface area contributed by atoms with Gasteiger partial charge in [-0.25, -0.2) is 0 Å². The van der Waals surface area contributed by atoms with Gasteiger partial charge in [0, 0.05) is 31.3 Å². The number of carbonyl (C=O) groups excluding carboxylic acids is 3. The van der Waals surface area contributed by atoms with Gasteiger partial charge < -0.3 is 15.5 Å². The topological polar surface area (TPSA) is 78.5 Å². The van der Waals surface area contributed by atoms with Gasteiger partial charge in [0.25, 0.3) is 5.91 Å². The van der Waals surface area contributed by atoms with Crippen LogP contribution in [0, 0.1) is 5.92 Å². The van der Waals surface area contributed by atoms with Gasteiger partial charge >= 0.3 is 0 Å². The Morgan fingerprint density at radius 2 is 1.65 bits per heavy atom. The van der Waals surface area contributed by atoms with Crippen LogP contribution in [-0.2, 0) is 9.59 Å². The van der Waals surface area contributed by atoms with E-state index >= 15 is 0 Å². The van der Waals surface area contributed by atoms with Crippen LogP contribution in [0.5, 0.6) is 0 Å². The second-order valence-electron chi connectivity index (χ2n) is 6.77. The summed E-state index contributed by atoms with van der Waals surface area (Å²) < 4.78 is 0. The second kappa shape index (κ2) is 9.36. The third-order valence-corrected chi connectivity index (χ3v) is 4.96. The van der Waals surface area contributed by atoms with Crippen LogP contribution < -0.4 is 10.6 Å². The van der Waals surface area contributed by atoms with E-state index in [9.17, 15) is 14.4 Å². The van der Waals surface area contributed by atoms with Gasteiger partial charge in [-0.15, -0.1) is 0 Å². The number of carbonyl (C=O) groups is 3. The molecule has 6 nitrogen and oxygen atoms in total. The number of hydrogen-bond acceptors (Lipinski definition) is 3. The Balaban J connectivity index is 2.05. The highest BCUT2D eigenvalue weighted by Gasteiger charge is 2.31. The molecule has 1 atom stereocenters. The lowest BCUT2D eigenvalue weighted by Gasteiger charge is -2.23. The average Bonchev–Trinajstić information content (AvgIpc) is 3.15. The van der Waals surface area contributed by atoms with Crippen LogP contribution in [0.1, 0.15) is 56.8 Å². The van der Waals surface area contributed by atoms with Gasteiger partial charge in [0.1, 0.15) is 6.04 Å². The standard InChI is InChI=1S/C20H29N3O3/c1-4-23(5-2)20(26)16-10-12-17(13-11-16)22-19(25)18(21-14(3)24)15-8-6-7-9-15/h10-13,15,18H,4-9H2,1-3H3,(H,21,24)(H,22,25). The van der Waals surface area contributed by atoms with Crippen molar-refractivity contribution in [2.24, 2.45) is 5.92 Å². The van der Waals surface area contributed by atoms with Crippen molar-refractivity contribution in [2.75, 3.05) is 18.4 Å². The van der Waals surface area contributed by atoms with E-state index in [4.69, 9.17) is 0 Å². The van der Waals surface area contributed by atoms with Crippen molar-refractivity contribution in [3.8, 4) is 0 Å². The van der Waals surface area contributed by atoms with Crippen molar-refractivity contribution >= 4 is 23.4 Å². The van der Waals surface area contributed by atoms with Gasteiger partial charge in [0.15, 0.2) is 0 Å². The van der Waals surface area contributed by atoms with Gasteiger partial charge in [-0.3, -0.25) is 14.4 Å². The predicted molar refractivity (Wildman–Crippen MR) is 102 cm³/mol. The SMILES string of the molecule is CCN(CC)C(=O)c1ccc(NC(=O)C(NC(C)=O)C2CCCC2)cc1. The molecule has 142 valence electrons. The van der Waals surface area contributed by atoms with E-state index in [0.29, 0.717) is 24.3 Å². The summed E-state index contributed by atoms with van der Waals surface area (Å²) in [5, 5.41) is 5.66. The molecule has 0 heterocycles. The van der Waals surface area contributed by atoms with Crippen LogP contribution in [0.4, 0.5) is 5.69 Å². The van der Waals surface area contributed by atoms with Crippen molar-refractivity contribution < 1.29 is 14.4 Å². The van der Waals surface area contributed by atoms with E-state index in [2.05, 4.69) is 10.6 Å². The summed E-state index contributed by atoms with van der Waals surface area (Å²) in [5.41, 5.74) is 1.22. The number of hydrogen-bond donors (Lipinski definition) is 2. The number of rotatable bonds is 7. The molecule has 1 aliphatic rings. The maximum Gasteiger partial charge on any atom is 0.253 e. The zero-order valence-electron chi connectivity index (χ0n) is 15.9. The Labute approximate surface area is 155 Å². The summed E-state index contributed by atoms with van der Waals surface area (Å²) >= 11 is 0. The molecule has 2 rings (SSSR count). The molecule has 6 heteroatoms. The molecule has 1 aliphatic carbocycles. The van der Waals surface area contributed by atoms with Gasteiger partial charge in [-0.2, -0.15) is 0 Å². The van der Waals surface area contributed by atoms with Gasteiger partial charge in [0.2, 0.25) is 11.8 Å². The Bertz CT molecular complexity index is 632. The summed E-state index contributed by atoms with van der Waals surface area (Å²) in [5.74, 6) is -0.232. The molecule has 1 saturated carbocycles. The van der Waals surface area contributed by atoms with Crippen LogP contribution in [0.15, 0.2) is 24.3 Å². The molecular weight excluding hydrogens is 330 g/mol. The first kappa shape index (κ1) is 19.9. The Morgan fingerprint density at radius 1 is 1.08 bits per heavy atom. The molecule has 0 aliphatic heterocycles. The van der Waals surface area contributed by atoms with Crippen LogP contribution in [0.2, 0.25) is 0 Å². The molecule has 1 aromatic rings. The Morgan fingerprint density at radius 3 is 2.15 bits per heavy atom. The molecule has 0 spiro atoms. The highest BCUT2D eigenvalue weighted by molar-refractivity contribution is 5.98. The minimum atomic E-state index is -0.507. The number of benzene rings is 1. The first-order valence-corrected chi connectivity index (χ1v) is 9.43. The van der Waals surface area contributed by atoms with E-state index in [1.807, 2.05) is 13.8 Å². The van der Waals surface area contributed by atoms with E-state index in [1.165, 1.54) is 6.92 Å². The molecule has 3 amide bonds. The first-order valence-electron chi connectivity index (χ1n) is 9.43. The fraction of sp³-hybridized carbons (Fsp3) is 0.550. The Kier molecular flexibility index (Phi) is 7.18. The van der Waals surface area contributed by atoms with Gasteiger partial charge in [0.05, 0.1) is 0 Å². The second-order valence-corrected chi connectivity index (χ2v) is 6.77. The highest BCUT2D eigenvalue weighted by Crippen LogP contribution is 2.28. The van der Waals surface area contributed by atoms with Crippen molar-refractivity contribution in [1.82, 2.24) is 10.2 Å². The van der Waals surface area contributed by atoms with Crippen LogP contribution >= 0.6 is 0 Å². The molecule has 2 N–H and O–H groups in total. The molecule has 0 radical (unpaired) electrons. The molecule has 26 heavy (non-hydrogen) atoms. The van der Waals surface area contributed by atoms with Crippen molar-refractivity contribution in [1.29, 1.82) is 0 Å². The molecule has 0 bridgehead atoms. The molecular formula is C20H29N3O3. The van der Waals surface area contributed by atoms with Crippen LogP contribution in [0.25, 0.3) is 0 Å². The third-order valence-electron chi connectivity index (χ3n) is 4.96. The highest BCUT2D eigenvalue weighted by atomic mass is 16.2. The summed E-state index contributed by atoms with van der Waals surface area (Å²) in [6.07, 6.45) is 4.09. The molecule has 1 aromatic carbocycles. The predicted octanol–water partition coefficient (Wildman–Crippen LogP) is 2.80. The van der Waals surface area contributed by atoms with Crippen molar-refractivity contribution in [2.45, 2.75) is 52.5 Å². The first-order chi connectivity index (χ1) is 12.5.